The molecule has 0 heterocycles. The lowest BCUT2D eigenvalue weighted by atomic mass is 9.87. The fraction of sp³-hybridized carbons (Fsp3) is 0.409. The SMILES string of the molecule is CC(C)N(C)S(=O)(=O)c1ccc(NCC(=O)Nc2ccc(C(C)(C)C)cc2)cc1. The second-order valence-corrected chi connectivity index (χ2v) is 10.4. The summed E-state index contributed by atoms with van der Waals surface area (Å²) in [5.74, 6) is -0.176. The van der Waals surface area contributed by atoms with E-state index in [-0.39, 0.29) is 28.8 Å². The molecule has 0 fully saturated rings. The van der Waals surface area contributed by atoms with Gasteiger partial charge in [-0.2, -0.15) is 4.31 Å². The number of rotatable bonds is 7. The zero-order valence-electron chi connectivity index (χ0n) is 18.0. The van der Waals surface area contributed by atoms with Crippen molar-refractivity contribution in [1.82, 2.24) is 4.31 Å². The normalized spacial score (nSPS) is 12.3. The van der Waals surface area contributed by atoms with Crippen LogP contribution in [0, 0.1) is 0 Å². The van der Waals surface area contributed by atoms with Crippen LogP contribution in [0.1, 0.15) is 40.2 Å². The summed E-state index contributed by atoms with van der Waals surface area (Å²) < 4.78 is 26.3. The highest BCUT2D eigenvalue weighted by Gasteiger charge is 2.22. The maximum absolute atomic E-state index is 12.5. The predicted octanol–water partition coefficient (Wildman–Crippen LogP) is 4.06. The molecule has 2 N–H and O–H groups in total. The molecule has 0 aliphatic heterocycles. The molecule has 0 saturated carbocycles. The van der Waals surface area contributed by atoms with Gasteiger partial charge in [-0.3, -0.25) is 4.79 Å². The zero-order chi connectivity index (χ0) is 21.8. The van der Waals surface area contributed by atoms with Crippen LogP contribution in [0.15, 0.2) is 53.4 Å². The van der Waals surface area contributed by atoms with Crippen molar-refractivity contribution in [2.75, 3.05) is 24.2 Å². The van der Waals surface area contributed by atoms with E-state index in [0.29, 0.717) is 5.69 Å². The lowest BCUT2D eigenvalue weighted by Gasteiger charge is -2.21. The number of hydrogen-bond acceptors (Lipinski definition) is 4. The molecule has 158 valence electrons. The molecule has 6 nitrogen and oxygen atoms in total. The van der Waals surface area contributed by atoms with Crippen LogP contribution in [0.25, 0.3) is 0 Å². The fourth-order valence-corrected chi connectivity index (χ4v) is 4.00. The Kier molecular flexibility index (Phi) is 7.08. The molecule has 0 aliphatic rings. The molecular weight excluding hydrogens is 386 g/mol. The van der Waals surface area contributed by atoms with Gasteiger partial charge in [-0.05, 0) is 61.2 Å². The smallest absolute Gasteiger partial charge is 0.243 e. The van der Waals surface area contributed by atoms with E-state index in [4.69, 9.17) is 0 Å². The third kappa shape index (κ3) is 6.05. The van der Waals surface area contributed by atoms with Gasteiger partial charge < -0.3 is 10.6 Å². The Morgan fingerprint density at radius 1 is 0.966 bits per heavy atom. The van der Waals surface area contributed by atoms with Crippen LogP contribution in [-0.4, -0.2) is 38.3 Å². The zero-order valence-corrected chi connectivity index (χ0v) is 18.8. The highest BCUT2D eigenvalue weighted by molar-refractivity contribution is 7.89. The van der Waals surface area contributed by atoms with Crippen LogP contribution in [0.2, 0.25) is 0 Å². The summed E-state index contributed by atoms with van der Waals surface area (Å²) in [6.07, 6.45) is 0. The first-order chi connectivity index (χ1) is 13.4. The number of hydrogen-bond donors (Lipinski definition) is 2. The van der Waals surface area contributed by atoms with E-state index in [9.17, 15) is 13.2 Å². The van der Waals surface area contributed by atoms with Gasteiger partial charge in [-0.15, -0.1) is 0 Å². The van der Waals surface area contributed by atoms with Gasteiger partial charge in [-0.1, -0.05) is 32.9 Å². The molecule has 0 unspecified atom stereocenters. The van der Waals surface area contributed by atoms with E-state index in [0.717, 1.165) is 5.69 Å². The van der Waals surface area contributed by atoms with Crippen molar-refractivity contribution < 1.29 is 13.2 Å². The molecule has 0 radical (unpaired) electrons. The van der Waals surface area contributed by atoms with E-state index < -0.39 is 10.0 Å². The maximum Gasteiger partial charge on any atom is 0.243 e. The van der Waals surface area contributed by atoms with E-state index >= 15 is 0 Å². The van der Waals surface area contributed by atoms with Crippen molar-refractivity contribution in [2.45, 2.75) is 51.0 Å². The predicted molar refractivity (Wildman–Crippen MR) is 119 cm³/mol. The highest BCUT2D eigenvalue weighted by Crippen LogP contribution is 2.23. The summed E-state index contributed by atoms with van der Waals surface area (Å²) in [6.45, 7) is 10.1. The van der Waals surface area contributed by atoms with Crippen LogP contribution >= 0.6 is 0 Å². The van der Waals surface area contributed by atoms with Gasteiger partial charge in [0, 0.05) is 24.5 Å². The van der Waals surface area contributed by atoms with Crippen molar-refractivity contribution in [3.05, 3.63) is 54.1 Å². The Labute approximate surface area is 174 Å². The summed E-state index contributed by atoms with van der Waals surface area (Å²) >= 11 is 0. The lowest BCUT2D eigenvalue weighted by molar-refractivity contribution is -0.114. The Morgan fingerprint density at radius 3 is 1.97 bits per heavy atom. The average Bonchev–Trinajstić information content (AvgIpc) is 2.65. The maximum atomic E-state index is 12.5. The third-order valence-corrected chi connectivity index (χ3v) is 6.79. The number of anilines is 2. The molecule has 29 heavy (non-hydrogen) atoms. The number of benzene rings is 2. The average molecular weight is 418 g/mol. The van der Waals surface area contributed by atoms with Crippen molar-refractivity contribution in [3.63, 3.8) is 0 Å². The topological polar surface area (TPSA) is 78.5 Å². The largest absolute Gasteiger partial charge is 0.376 e. The molecule has 0 atom stereocenters. The third-order valence-electron chi connectivity index (χ3n) is 4.75. The van der Waals surface area contributed by atoms with Gasteiger partial charge in [0.2, 0.25) is 15.9 Å². The molecule has 0 saturated heterocycles. The van der Waals surface area contributed by atoms with Crippen molar-refractivity contribution in [1.29, 1.82) is 0 Å². The first kappa shape index (κ1) is 22.9. The molecule has 2 aromatic rings. The van der Waals surface area contributed by atoms with Gasteiger partial charge in [0.05, 0.1) is 11.4 Å². The van der Waals surface area contributed by atoms with E-state index in [2.05, 4.69) is 31.4 Å². The van der Waals surface area contributed by atoms with Gasteiger partial charge in [0.1, 0.15) is 0 Å². The first-order valence-electron chi connectivity index (χ1n) is 9.63. The fourth-order valence-electron chi connectivity index (χ4n) is 2.63. The molecule has 2 aromatic carbocycles. The molecule has 2 rings (SSSR count). The second kappa shape index (κ2) is 8.97. The van der Waals surface area contributed by atoms with Crippen molar-refractivity contribution >= 4 is 27.3 Å². The number of carbonyl (C=O) groups is 1. The van der Waals surface area contributed by atoms with Crippen molar-refractivity contribution in [2.24, 2.45) is 0 Å². The Morgan fingerprint density at radius 2 is 1.48 bits per heavy atom. The molecule has 0 aromatic heterocycles. The minimum Gasteiger partial charge on any atom is -0.376 e. The summed E-state index contributed by atoms with van der Waals surface area (Å²) in [5.41, 5.74) is 2.68. The molecule has 7 heteroatoms. The number of amides is 1. The summed E-state index contributed by atoms with van der Waals surface area (Å²) in [5, 5.41) is 5.86. The van der Waals surface area contributed by atoms with Crippen LogP contribution < -0.4 is 10.6 Å². The number of nitrogens with one attached hydrogen (secondary N) is 2. The Hall–Kier alpha value is -2.38. The molecule has 0 bridgehead atoms. The Bertz CT molecular complexity index is 929. The van der Waals surface area contributed by atoms with Gasteiger partial charge >= 0.3 is 0 Å². The molecular formula is C22H31N3O3S. The molecule has 1 amide bonds. The van der Waals surface area contributed by atoms with Crippen LogP contribution in [-0.2, 0) is 20.2 Å². The number of sulfonamides is 1. The minimum atomic E-state index is -3.51. The quantitative estimate of drug-likeness (QED) is 0.712. The van der Waals surface area contributed by atoms with E-state index in [1.165, 1.54) is 9.87 Å². The Balaban J connectivity index is 1.94. The number of carbonyl (C=O) groups excluding carboxylic acids is 1. The minimum absolute atomic E-state index is 0.0632. The van der Waals surface area contributed by atoms with Crippen LogP contribution in [0.4, 0.5) is 11.4 Å². The number of nitrogens with zero attached hydrogens (tertiary/aromatic N) is 1. The second-order valence-electron chi connectivity index (χ2n) is 8.37. The van der Waals surface area contributed by atoms with Gasteiger partial charge in [-0.25, -0.2) is 8.42 Å². The van der Waals surface area contributed by atoms with E-state index in [1.807, 2.05) is 38.1 Å². The van der Waals surface area contributed by atoms with Gasteiger partial charge in [0.25, 0.3) is 0 Å². The highest BCUT2D eigenvalue weighted by atomic mass is 32.2. The van der Waals surface area contributed by atoms with Crippen LogP contribution in [0.5, 0.6) is 0 Å². The summed E-state index contributed by atoms with van der Waals surface area (Å²) in [7, 11) is -1.95. The summed E-state index contributed by atoms with van der Waals surface area (Å²) in [6, 6.07) is 14.1. The van der Waals surface area contributed by atoms with E-state index in [1.54, 1.807) is 31.3 Å². The first-order valence-corrected chi connectivity index (χ1v) is 11.1. The monoisotopic (exact) mass is 417 g/mol. The van der Waals surface area contributed by atoms with Crippen LogP contribution in [0.3, 0.4) is 0 Å². The summed E-state index contributed by atoms with van der Waals surface area (Å²) in [4.78, 5) is 12.4. The van der Waals surface area contributed by atoms with Crippen molar-refractivity contribution in [3.8, 4) is 0 Å². The molecule has 0 aliphatic carbocycles. The van der Waals surface area contributed by atoms with Gasteiger partial charge in [0.15, 0.2) is 0 Å². The molecule has 0 spiro atoms. The standard InChI is InChI=1S/C22H31N3O3S/c1-16(2)25(6)29(27,28)20-13-11-18(12-14-20)23-15-21(26)24-19-9-7-17(8-10-19)22(3,4)5/h7-14,16,23H,15H2,1-6H3,(H,24,26). The lowest BCUT2D eigenvalue weighted by Crippen LogP contribution is -2.33.